The summed E-state index contributed by atoms with van der Waals surface area (Å²) in [4.78, 5) is 2.07. The van der Waals surface area contributed by atoms with Crippen LogP contribution in [0.3, 0.4) is 0 Å². The fraction of sp³-hybridized carbons (Fsp3) is 0.294. The first-order valence-corrected chi connectivity index (χ1v) is 6.81. The number of methoxy groups -OCH3 is 1. The molecule has 0 aromatic heterocycles. The number of phenolic OH excluding ortho intramolecular Hbond substituents is 1. The predicted octanol–water partition coefficient (Wildman–Crippen LogP) is 3.04. The zero-order valence-corrected chi connectivity index (χ0v) is 12.7. The number of hydrogen-bond donors (Lipinski definition) is 1. The van der Waals surface area contributed by atoms with Crippen molar-refractivity contribution in [3.8, 4) is 17.2 Å². The molecule has 0 saturated carbocycles. The molecule has 0 spiro atoms. The van der Waals surface area contributed by atoms with Crippen molar-refractivity contribution in [3.63, 3.8) is 0 Å². The van der Waals surface area contributed by atoms with E-state index < -0.39 is 0 Å². The number of rotatable bonds is 6. The summed E-state index contributed by atoms with van der Waals surface area (Å²) in [6.07, 6.45) is 0. The van der Waals surface area contributed by atoms with Gasteiger partial charge in [0.15, 0.2) is 11.5 Å². The molecular weight excluding hydrogens is 266 g/mol. The maximum atomic E-state index is 9.87. The van der Waals surface area contributed by atoms with Crippen LogP contribution in [-0.2, 0) is 13.2 Å². The Morgan fingerprint density at radius 1 is 1.00 bits per heavy atom. The van der Waals surface area contributed by atoms with Gasteiger partial charge in [0.05, 0.1) is 7.11 Å². The first-order valence-electron chi connectivity index (χ1n) is 6.81. The van der Waals surface area contributed by atoms with Crippen LogP contribution in [0.2, 0.25) is 0 Å². The third-order valence-electron chi connectivity index (χ3n) is 3.08. The van der Waals surface area contributed by atoms with E-state index in [0.29, 0.717) is 12.4 Å². The van der Waals surface area contributed by atoms with Crippen LogP contribution in [0.1, 0.15) is 11.1 Å². The van der Waals surface area contributed by atoms with Crippen molar-refractivity contribution in [2.24, 2.45) is 0 Å². The van der Waals surface area contributed by atoms with Crippen LogP contribution in [0.5, 0.6) is 17.2 Å². The number of hydrogen-bond acceptors (Lipinski definition) is 4. The van der Waals surface area contributed by atoms with E-state index in [0.717, 1.165) is 23.4 Å². The minimum Gasteiger partial charge on any atom is -0.504 e. The molecule has 0 bridgehead atoms. The number of nitrogens with zero attached hydrogens (tertiary/aromatic N) is 1. The van der Waals surface area contributed by atoms with Crippen LogP contribution in [-0.4, -0.2) is 31.2 Å². The maximum absolute atomic E-state index is 9.87. The lowest BCUT2D eigenvalue weighted by Gasteiger charge is -2.13. The Balaban J connectivity index is 2.04. The molecule has 0 heterocycles. The molecule has 1 N–H and O–H groups in total. The van der Waals surface area contributed by atoms with Gasteiger partial charge >= 0.3 is 0 Å². The minimum atomic E-state index is 0.158. The second-order valence-corrected chi connectivity index (χ2v) is 5.18. The first kappa shape index (κ1) is 15.2. The second-order valence-electron chi connectivity index (χ2n) is 5.18. The zero-order chi connectivity index (χ0) is 15.2. The summed E-state index contributed by atoms with van der Waals surface area (Å²) in [5, 5.41) is 9.87. The molecule has 0 atom stereocenters. The van der Waals surface area contributed by atoms with Crippen LogP contribution in [0.15, 0.2) is 42.5 Å². The summed E-state index contributed by atoms with van der Waals surface area (Å²) in [5.41, 5.74) is 2.12. The first-order chi connectivity index (χ1) is 10.1. The van der Waals surface area contributed by atoms with Crippen molar-refractivity contribution in [2.45, 2.75) is 13.2 Å². The highest BCUT2D eigenvalue weighted by Gasteiger charge is 2.05. The van der Waals surface area contributed by atoms with Crippen LogP contribution in [0, 0.1) is 0 Å². The lowest BCUT2D eigenvalue weighted by Crippen LogP contribution is -2.10. The van der Waals surface area contributed by atoms with Gasteiger partial charge in [-0.2, -0.15) is 0 Å². The number of aromatic hydroxyl groups is 1. The average molecular weight is 287 g/mol. The lowest BCUT2D eigenvalue weighted by molar-refractivity contribution is 0.287. The molecule has 2 aromatic rings. The van der Waals surface area contributed by atoms with E-state index in [-0.39, 0.29) is 5.75 Å². The maximum Gasteiger partial charge on any atom is 0.161 e. The largest absolute Gasteiger partial charge is 0.504 e. The molecule has 2 rings (SSSR count). The lowest BCUT2D eigenvalue weighted by atomic mass is 10.2. The molecule has 2 aromatic carbocycles. The fourth-order valence-electron chi connectivity index (χ4n) is 2.02. The van der Waals surface area contributed by atoms with Gasteiger partial charge in [-0.3, -0.25) is 0 Å². The highest BCUT2D eigenvalue weighted by atomic mass is 16.5. The van der Waals surface area contributed by atoms with Crippen molar-refractivity contribution >= 4 is 0 Å². The quantitative estimate of drug-likeness (QED) is 0.886. The SMILES string of the molecule is COc1ccc(COc2cc(CN(C)C)ccc2O)cc1. The zero-order valence-electron chi connectivity index (χ0n) is 12.7. The fourth-order valence-corrected chi connectivity index (χ4v) is 2.02. The molecule has 0 saturated heterocycles. The number of phenols is 1. The van der Waals surface area contributed by atoms with Crippen LogP contribution < -0.4 is 9.47 Å². The van der Waals surface area contributed by atoms with Gasteiger partial charge in [-0.05, 0) is 49.5 Å². The van der Waals surface area contributed by atoms with E-state index >= 15 is 0 Å². The molecule has 112 valence electrons. The van der Waals surface area contributed by atoms with Crippen molar-refractivity contribution < 1.29 is 14.6 Å². The summed E-state index contributed by atoms with van der Waals surface area (Å²) in [6, 6.07) is 13.1. The highest BCUT2D eigenvalue weighted by molar-refractivity contribution is 5.42. The average Bonchev–Trinajstić information content (AvgIpc) is 2.48. The molecule has 0 aliphatic carbocycles. The summed E-state index contributed by atoms with van der Waals surface area (Å²) in [7, 11) is 5.65. The van der Waals surface area contributed by atoms with E-state index in [2.05, 4.69) is 4.90 Å². The molecule has 21 heavy (non-hydrogen) atoms. The van der Waals surface area contributed by atoms with Crippen molar-refractivity contribution in [1.29, 1.82) is 0 Å². The predicted molar refractivity (Wildman–Crippen MR) is 82.8 cm³/mol. The Bertz CT molecular complexity index is 579. The van der Waals surface area contributed by atoms with E-state index in [1.807, 2.05) is 50.5 Å². The standard InChI is InChI=1S/C17H21NO3/c1-18(2)11-14-6-9-16(19)17(10-14)21-12-13-4-7-15(20-3)8-5-13/h4-10,19H,11-12H2,1-3H3. The van der Waals surface area contributed by atoms with Gasteiger partial charge in [0.25, 0.3) is 0 Å². The third-order valence-corrected chi connectivity index (χ3v) is 3.08. The van der Waals surface area contributed by atoms with Gasteiger partial charge in [-0.1, -0.05) is 18.2 Å². The Morgan fingerprint density at radius 3 is 2.29 bits per heavy atom. The minimum absolute atomic E-state index is 0.158. The summed E-state index contributed by atoms with van der Waals surface area (Å²) >= 11 is 0. The van der Waals surface area contributed by atoms with Crippen molar-refractivity contribution in [3.05, 3.63) is 53.6 Å². The second kappa shape index (κ2) is 6.99. The van der Waals surface area contributed by atoms with E-state index in [1.165, 1.54) is 0 Å². The Labute approximate surface area is 125 Å². The molecule has 0 amide bonds. The van der Waals surface area contributed by atoms with Gasteiger partial charge in [0, 0.05) is 6.54 Å². The van der Waals surface area contributed by atoms with Gasteiger partial charge in [0.2, 0.25) is 0 Å². The smallest absolute Gasteiger partial charge is 0.161 e. The van der Waals surface area contributed by atoms with Crippen LogP contribution in [0.25, 0.3) is 0 Å². The molecule has 4 heteroatoms. The summed E-state index contributed by atoms with van der Waals surface area (Å²) < 4.78 is 10.8. The molecule has 4 nitrogen and oxygen atoms in total. The van der Waals surface area contributed by atoms with E-state index in [4.69, 9.17) is 9.47 Å². The van der Waals surface area contributed by atoms with Gasteiger partial charge < -0.3 is 19.5 Å². The number of benzene rings is 2. The summed E-state index contributed by atoms with van der Waals surface area (Å²) in [6.45, 7) is 1.21. The Kier molecular flexibility index (Phi) is 5.06. The highest BCUT2D eigenvalue weighted by Crippen LogP contribution is 2.28. The van der Waals surface area contributed by atoms with Gasteiger partial charge in [0.1, 0.15) is 12.4 Å². The molecule has 0 fully saturated rings. The molecular formula is C17H21NO3. The Morgan fingerprint density at radius 2 is 1.67 bits per heavy atom. The molecule has 0 radical (unpaired) electrons. The van der Waals surface area contributed by atoms with Crippen LogP contribution >= 0.6 is 0 Å². The van der Waals surface area contributed by atoms with Crippen LogP contribution in [0.4, 0.5) is 0 Å². The van der Waals surface area contributed by atoms with Gasteiger partial charge in [-0.25, -0.2) is 0 Å². The normalized spacial score (nSPS) is 10.7. The molecule has 0 aliphatic rings. The monoisotopic (exact) mass is 287 g/mol. The molecule has 0 unspecified atom stereocenters. The van der Waals surface area contributed by atoms with Crippen molar-refractivity contribution in [1.82, 2.24) is 4.90 Å². The number of ether oxygens (including phenoxy) is 2. The topological polar surface area (TPSA) is 41.9 Å². The van der Waals surface area contributed by atoms with Crippen molar-refractivity contribution in [2.75, 3.05) is 21.2 Å². The molecule has 0 aliphatic heterocycles. The summed E-state index contributed by atoms with van der Waals surface area (Å²) in [5.74, 6) is 1.48. The van der Waals surface area contributed by atoms with Gasteiger partial charge in [-0.15, -0.1) is 0 Å². The van der Waals surface area contributed by atoms with E-state index in [1.54, 1.807) is 13.2 Å². The Hall–Kier alpha value is -2.20. The third kappa shape index (κ3) is 4.39. The van der Waals surface area contributed by atoms with E-state index in [9.17, 15) is 5.11 Å².